The van der Waals surface area contributed by atoms with Gasteiger partial charge >= 0.3 is 0 Å². The van der Waals surface area contributed by atoms with Crippen LogP contribution in [0, 0.1) is 0 Å². The summed E-state index contributed by atoms with van der Waals surface area (Å²) in [5.74, 6) is 2.08. The van der Waals surface area contributed by atoms with Crippen molar-refractivity contribution in [3.05, 3.63) is 17.7 Å². The predicted molar refractivity (Wildman–Crippen MR) is 88.3 cm³/mol. The highest BCUT2D eigenvalue weighted by atomic mass is 16.5. The van der Waals surface area contributed by atoms with Crippen LogP contribution in [0.3, 0.4) is 0 Å². The van der Waals surface area contributed by atoms with Gasteiger partial charge in [0.25, 0.3) is 0 Å². The molecule has 1 aromatic carbocycles. The van der Waals surface area contributed by atoms with Crippen molar-refractivity contribution in [3.8, 4) is 17.2 Å². The van der Waals surface area contributed by atoms with E-state index in [2.05, 4.69) is 18.9 Å². The maximum absolute atomic E-state index is 5.45. The molecule has 2 rings (SSSR count). The molecule has 0 N–H and O–H groups in total. The highest BCUT2D eigenvalue weighted by molar-refractivity contribution is 5.88. The van der Waals surface area contributed by atoms with Gasteiger partial charge in [0.2, 0.25) is 0 Å². The van der Waals surface area contributed by atoms with E-state index in [-0.39, 0.29) is 0 Å². The molecule has 1 aromatic rings. The molecule has 0 saturated carbocycles. The van der Waals surface area contributed by atoms with Crippen LogP contribution in [0.15, 0.2) is 17.2 Å². The number of hydrogen-bond acceptors (Lipinski definition) is 5. The minimum Gasteiger partial charge on any atom is -0.496 e. The molecule has 0 radical (unpaired) electrons. The first-order valence-electron chi connectivity index (χ1n) is 7.73. The smallest absolute Gasteiger partial charge is 0.135 e. The predicted octanol–water partition coefficient (Wildman–Crippen LogP) is 3.31. The van der Waals surface area contributed by atoms with E-state index in [4.69, 9.17) is 19.3 Å². The van der Waals surface area contributed by atoms with Gasteiger partial charge in [0, 0.05) is 24.2 Å². The number of hydrogen-bond donors (Lipinski definition) is 0. The normalized spacial score (nSPS) is 22.0. The number of rotatable bonds is 5. The Morgan fingerprint density at radius 1 is 1.00 bits per heavy atom. The average molecular weight is 306 g/mol. The summed E-state index contributed by atoms with van der Waals surface area (Å²) in [5, 5.41) is 6.87. The van der Waals surface area contributed by atoms with Crippen LogP contribution in [0.4, 0.5) is 0 Å². The lowest BCUT2D eigenvalue weighted by Crippen LogP contribution is -2.39. The van der Waals surface area contributed by atoms with Crippen LogP contribution in [0.25, 0.3) is 0 Å². The Balaban J connectivity index is 2.32. The Bertz CT molecular complexity index is 496. The maximum Gasteiger partial charge on any atom is 0.135 e. The highest BCUT2D eigenvalue weighted by Gasteiger charge is 2.23. The van der Waals surface area contributed by atoms with Gasteiger partial charge < -0.3 is 14.2 Å². The molecule has 1 aliphatic heterocycles. The second-order valence-electron chi connectivity index (χ2n) is 5.70. The second kappa shape index (κ2) is 7.38. The average Bonchev–Trinajstić information content (AvgIpc) is 2.53. The van der Waals surface area contributed by atoms with E-state index in [1.165, 1.54) is 19.3 Å². The summed E-state index contributed by atoms with van der Waals surface area (Å²) >= 11 is 0. The molecule has 5 nitrogen and oxygen atoms in total. The van der Waals surface area contributed by atoms with Crippen molar-refractivity contribution in [2.45, 2.75) is 45.2 Å². The summed E-state index contributed by atoms with van der Waals surface area (Å²) < 4.78 is 16.2. The number of benzene rings is 1. The lowest BCUT2D eigenvalue weighted by molar-refractivity contribution is 0.109. The number of nitrogens with zero attached hydrogens (tertiary/aromatic N) is 2. The number of ether oxygens (including phenoxy) is 3. The van der Waals surface area contributed by atoms with Crippen LogP contribution in [0.1, 0.15) is 38.7 Å². The summed E-state index contributed by atoms with van der Waals surface area (Å²) in [6.45, 7) is 4.44. The lowest BCUT2D eigenvalue weighted by atomic mass is 10.00. The third-order valence-corrected chi connectivity index (χ3v) is 4.22. The summed E-state index contributed by atoms with van der Waals surface area (Å²) in [6, 6.07) is 4.59. The minimum absolute atomic E-state index is 0.454. The first kappa shape index (κ1) is 16.5. The van der Waals surface area contributed by atoms with Crippen LogP contribution in [-0.4, -0.2) is 44.6 Å². The van der Waals surface area contributed by atoms with Crippen molar-refractivity contribution in [2.75, 3.05) is 21.3 Å². The van der Waals surface area contributed by atoms with Crippen LogP contribution >= 0.6 is 0 Å². The van der Waals surface area contributed by atoms with E-state index < -0.39 is 0 Å². The van der Waals surface area contributed by atoms with Gasteiger partial charge in [-0.2, -0.15) is 5.10 Å². The summed E-state index contributed by atoms with van der Waals surface area (Å²) in [5.41, 5.74) is 0.829. The topological polar surface area (TPSA) is 43.3 Å². The van der Waals surface area contributed by atoms with E-state index >= 15 is 0 Å². The van der Waals surface area contributed by atoms with Crippen LogP contribution in [-0.2, 0) is 0 Å². The Kier molecular flexibility index (Phi) is 5.52. The van der Waals surface area contributed by atoms with Crippen molar-refractivity contribution in [1.82, 2.24) is 5.01 Å². The second-order valence-corrected chi connectivity index (χ2v) is 5.70. The van der Waals surface area contributed by atoms with Gasteiger partial charge in [-0.25, -0.2) is 0 Å². The molecule has 0 spiro atoms. The zero-order valence-electron chi connectivity index (χ0n) is 14.1. The zero-order valence-corrected chi connectivity index (χ0v) is 14.1. The van der Waals surface area contributed by atoms with E-state index in [1.807, 2.05) is 18.3 Å². The molecule has 1 aliphatic rings. The molecule has 2 unspecified atom stereocenters. The zero-order chi connectivity index (χ0) is 16.1. The standard InChI is InChI=1S/C17H26N2O3/c1-12-7-6-8-13(2)19(12)18-11-15-16(21-4)9-14(20-3)10-17(15)22-5/h9-13H,6-8H2,1-5H3. The van der Waals surface area contributed by atoms with E-state index in [0.717, 1.165) is 5.56 Å². The third kappa shape index (κ3) is 3.46. The molecule has 5 heteroatoms. The Hall–Kier alpha value is -1.91. The Morgan fingerprint density at radius 2 is 1.55 bits per heavy atom. The molecule has 0 aromatic heterocycles. The van der Waals surface area contributed by atoms with Crippen molar-refractivity contribution in [3.63, 3.8) is 0 Å². The lowest BCUT2D eigenvalue weighted by Gasteiger charge is -2.36. The van der Waals surface area contributed by atoms with Gasteiger partial charge in [-0.3, -0.25) is 5.01 Å². The van der Waals surface area contributed by atoms with Gasteiger partial charge in [0.15, 0.2) is 0 Å². The van der Waals surface area contributed by atoms with E-state index in [1.54, 1.807) is 21.3 Å². The fourth-order valence-corrected chi connectivity index (χ4v) is 2.92. The fraction of sp³-hybridized carbons (Fsp3) is 0.588. The van der Waals surface area contributed by atoms with Gasteiger partial charge in [0.05, 0.1) is 33.1 Å². The maximum atomic E-state index is 5.45. The van der Waals surface area contributed by atoms with E-state index in [9.17, 15) is 0 Å². The van der Waals surface area contributed by atoms with Crippen molar-refractivity contribution in [1.29, 1.82) is 0 Å². The van der Waals surface area contributed by atoms with Crippen LogP contribution < -0.4 is 14.2 Å². The molecular formula is C17H26N2O3. The molecule has 0 amide bonds. The molecule has 0 aliphatic carbocycles. The number of piperidine rings is 1. The number of hydrazone groups is 1. The summed E-state index contributed by atoms with van der Waals surface area (Å²) in [7, 11) is 4.90. The molecule has 22 heavy (non-hydrogen) atoms. The van der Waals surface area contributed by atoms with Gasteiger partial charge in [-0.15, -0.1) is 0 Å². The molecule has 2 atom stereocenters. The molecule has 1 saturated heterocycles. The summed E-state index contributed by atoms with van der Waals surface area (Å²) in [6.07, 6.45) is 5.45. The Labute approximate surface area is 132 Å². The molecule has 122 valence electrons. The van der Waals surface area contributed by atoms with Crippen LogP contribution in [0.5, 0.6) is 17.2 Å². The molecular weight excluding hydrogens is 280 g/mol. The minimum atomic E-state index is 0.454. The molecule has 1 fully saturated rings. The monoisotopic (exact) mass is 306 g/mol. The van der Waals surface area contributed by atoms with E-state index in [0.29, 0.717) is 29.3 Å². The molecule has 1 heterocycles. The third-order valence-electron chi connectivity index (χ3n) is 4.22. The first-order valence-corrected chi connectivity index (χ1v) is 7.73. The molecule has 0 bridgehead atoms. The Morgan fingerprint density at radius 3 is 2.00 bits per heavy atom. The van der Waals surface area contributed by atoms with Crippen LogP contribution in [0.2, 0.25) is 0 Å². The van der Waals surface area contributed by atoms with Crippen molar-refractivity contribution < 1.29 is 14.2 Å². The fourth-order valence-electron chi connectivity index (χ4n) is 2.92. The van der Waals surface area contributed by atoms with Crippen molar-refractivity contribution in [2.24, 2.45) is 5.10 Å². The van der Waals surface area contributed by atoms with Gasteiger partial charge in [-0.05, 0) is 33.1 Å². The SMILES string of the molecule is COc1cc(OC)c(C=NN2C(C)CCCC2C)c(OC)c1. The summed E-state index contributed by atoms with van der Waals surface area (Å²) in [4.78, 5) is 0. The quantitative estimate of drug-likeness (QED) is 0.783. The number of methoxy groups -OCH3 is 3. The van der Waals surface area contributed by atoms with Gasteiger partial charge in [0.1, 0.15) is 17.2 Å². The largest absolute Gasteiger partial charge is 0.496 e. The van der Waals surface area contributed by atoms with Crippen molar-refractivity contribution >= 4 is 6.21 Å². The highest BCUT2D eigenvalue weighted by Crippen LogP contribution is 2.33. The first-order chi connectivity index (χ1) is 10.6. The van der Waals surface area contributed by atoms with Gasteiger partial charge in [-0.1, -0.05) is 0 Å².